The van der Waals surface area contributed by atoms with Gasteiger partial charge >= 0.3 is 0 Å². The fourth-order valence-corrected chi connectivity index (χ4v) is 2.13. The molecule has 0 amide bonds. The van der Waals surface area contributed by atoms with Crippen LogP contribution in [0.25, 0.3) is 5.69 Å². The van der Waals surface area contributed by atoms with Crippen LogP contribution in [0, 0.1) is 13.8 Å². The first-order valence-corrected chi connectivity index (χ1v) is 6.14. The first-order valence-electron chi connectivity index (χ1n) is 5.76. The molecule has 5 heteroatoms. The van der Waals surface area contributed by atoms with E-state index in [1.807, 2.05) is 33.0 Å². The molecular formula is C13H16ClN3O. The predicted octanol–water partition coefficient (Wildman–Crippen LogP) is 2.16. The van der Waals surface area contributed by atoms with Crippen LogP contribution in [0.15, 0.2) is 23.0 Å². The Labute approximate surface area is 111 Å². The van der Waals surface area contributed by atoms with Gasteiger partial charge in [-0.1, -0.05) is 17.7 Å². The number of halogens is 1. The lowest BCUT2D eigenvalue weighted by Crippen LogP contribution is -2.21. The molecule has 0 saturated heterocycles. The number of rotatable bonds is 3. The van der Waals surface area contributed by atoms with E-state index < -0.39 is 0 Å². The molecule has 0 spiro atoms. The van der Waals surface area contributed by atoms with Crippen LogP contribution in [0.4, 0.5) is 0 Å². The van der Waals surface area contributed by atoms with Crippen molar-refractivity contribution in [2.75, 3.05) is 7.05 Å². The Kier molecular flexibility index (Phi) is 3.59. The van der Waals surface area contributed by atoms with E-state index in [1.165, 1.54) is 0 Å². The fourth-order valence-electron chi connectivity index (χ4n) is 1.96. The number of benzene rings is 1. The second-order valence-electron chi connectivity index (χ2n) is 4.32. The Morgan fingerprint density at radius 2 is 2.11 bits per heavy atom. The van der Waals surface area contributed by atoms with Crippen LogP contribution in [-0.2, 0) is 6.54 Å². The van der Waals surface area contributed by atoms with Gasteiger partial charge < -0.3 is 5.32 Å². The Morgan fingerprint density at radius 3 is 2.78 bits per heavy atom. The van der Waals surface area contributed by atoms with E-state index in [1.54, 1.807) is 10.7 Å². The lowest BCUT2D eigenvalue weighted by molar-refractivity contribution is 0.800. The maximum Gasteiger partial charge on any atom is 0.275 e. The Hall–Kier alpha value is -1.52. The summed E-state index contributed by atoms with van der Waals surface area (Å²) in [7, 11) is 1.82. The molecule has 96 valence electrons. The highest BCUT2D eigenvalue weighted by Crippen LogP contribution is 2.18. The molecule has 0 atom stereocenters. The second kappa shape index (κ2) is 5.00. The van der Waals surface area contributed by atoms with Crippen LogP contribution in [0.2, 0.25) is 5.02 Å². The van der Waals surface area contributed by atoms with E-state index in [0.717, 1.165) is 22.5 Å². The number of H-pyrrole nitrogens is 1. The minimum Gasteiger partial charge on any atom is -0.315 e. The van der Waals surface area contributed by atoms with Crippen LogP contribution in [0.1, 0.15) is 16.8 Å². The van der Waals surface area contributed by atoms with Crippen molar-refractivity contribution < 1.29 is 0 Å². The lowest BCUT2D eigenvalue weighted by Gasteiger charge is -2.06. The zero-order chi connectivity index (χ0) is 13.3. The average molecular weight is 266 g/mol. The quantitative estimate of drug-likeness (QED) is 0.894. The van der Waals surface area contributed by atoms with E-state index in [9.17, 15) is 4.79 Å². The molecule has 18 heavy (non-hydrogen) atoms. The standard InChI is InChI=1S/C13H16ClN3O/c1-8-4-5-10(14)6-12(8)17-13(18)11(7-15-3)9(2)16-17/h4-6,15-16H,7H2,1-3H3. The fraction of sp³-hybridized carbons (Fsp3) is 0.308. The summed E-state index contributed by atoms with van der Waals surface area (Å²) in [6.45, 7) is 4.39. The third-order valence-electron chi connectivity index (χ3n) is 2.96. The summed E-state index contributed by atoms with van der Waals surface area (Å²) in [5.74, 6) is 0. The van der Waals surface area contributed by atoms with Crippen molar-refractivity contribution in [3.63, 3.8) is 0 Å². The average Bonchev–Trinajstić information content (AvgIpc) is 2.61. The molecule has 2 N–H and O–H groups in total. The van der Waals surface area contributed by atoms with Crippen molar-refractivity contribution in [1.29, 1.82) is 0 Å². The van der Waals surface area contributed by atoms with Crippen LogP contribution in [0.5, 0.6) is 0 Å². The third-order valence-corrected chi connectivity index (χ3v) is 3.19. The minimum absolute atomic E-state index is 0.0350. The van der Waals surface area contributed by atoms with Gasteiger partial charge in [-0.2, -0.15) is 0 Å². The summed E-state index contributed by atoms with van der Waals surface area (Å²) < 4.78 is 1.54. The zero-order valence-electron chi connectivity index (χ0n) is 10.7. The highest BCUT2D eigenvalue weighted by Gasteiger charge is 2.13. The predicted molar refractivity (Wildman–Crippen MR) is 73.6 cm³/mol. The molecule has 0 radical (unpaired) electrons. The number of hydrogen-bond acceptors (Lipinski definition) is 2. The smallest absolute Gasteiger partial charge is 0.275 e. The highest BCUT2D eigenvalue weighted by molar-refractivity contribution is 6.30. The number of hydrogen-bond donors (Lipinski definition) is 2. The van der Waals surface area contributed by atoms with Gasteiger partial charge in [-0.15, -0.1) is 0 Å². The topological polar surface area (TPSA) is 49.8 Å². The molecule has 1 heterocycles. The van der Waals surface area contributed by atoms with Gasteiger partial charge in [0.15, 0.2) is 0 Å². The second-order valence-corrected chi connectivity index (χ2v) is 4.75. The SMILES string of the molecule is CNCc1c(C)[nH]n(-c2cc(Cl)ccc2C)c1=O. The molecule has 0 aliphatic carbocycles. The van der Waals surface area contributed by atoms with E-state index in [0.29, 0.717) is 11.6 Å². The molecule has 4 nitrogen and oxygen atoms in total. The number of aromatic nitrogens is 2. The summed E-state index contributed by atoms with van der Waals surface area (Å²) in [5.41, 5.74) is 3.37. The van der Waals surface area contributed by atoms with Crippen molar-refractivity contribution >= 4 is 11.6 Å². The molecule has 0 saturated carbocycles. The summed E-state index contributed by atoms with van der Waals surface area (Å²) >= 11 is 5.99. The van der Waals surface area contributed by atoms with Gasteiger partial charge in [0.1, 0.15) is 0 Å². The van der Waals surface area contributed by atoms with E-state index in [2.05, 4.69) is 10.4 Å². The molecule has 0 bridgehead atoms. The van der Waals surface area contributed by atoms with Crippen LogP contribution >= 0.6 is 11.6 Å². The van der Waals surface area contributed by atoms with Crippen LogP contribution in [-0.4, -0.2) is 16.8 Å². The molecule has 0 unspecified atom stereocenters. The molecule has 2 rings (SSSR count). The first kappa shape index (κ1) is 12.9. The monoisotopic (exact) mass is 265 g/mol. The van der Waals surface area contributed by atoms with Gasteiger partial charge in [-0.3, -0.25) is 9.89 Å². The summed E-state index contributed by atoms with van der Waals surface area (Å²) in [6.07, 6.45) is 0. The van der Waals surface area contributed by atoms with E-state index in [-0.39, 0.29) is 5.56 Å². The number of nitrogens with zero attached hydrogens (tertiary/aromatic N) is 1. The zero-order valence-corrected chi connectivity index (χ0v) is 11.4. The maximum absolute atomic E-state index is 12.3. The molecule has 2 aromatic rings. The number of nitrogens with one attached hydrogen (secondary N) is 2. The van der Waals surface area contributed by atoms with Gasteiger partial charge in [0.05, 0.1) is 11.3 Å². The van der Waals surface area contributed by atoms with Crippen molar-refractivity contribution in [2.24, 2.45) is 0 Å². The van der Waals surface area contributed by atoms with Crippen molar-refractivity contribution in [1.82, 2.24) is 15.1 Å². The molecular weight excluding hydrogens is 250 g/mol. The summed E-state index contributed by atoms with van der Waals surface area (Å²) in [6, 6.07) is 5.51. The van der Waals surface area contributed by atoms with Crippen molar-refractivity contribution in [3.8, 4) is 5.69 Å². The molecule has 0 aliphatic heterocycles. The van der Waals surface area contributed by atoms with Gasteiger partial charge in [0, 0.05) is 17.3 Å². The van der Waals surface area contributed by atoms with Gasteiger partial charge in [-0.25, -0.2) is 4.68 Å². The highest BCUT2D eigenvalue weighted by atomic mass is 35.5. The Morgan fingerprint density at radius 1 is 1.39 bits per heavy atom. The van der Waals surface area contributed by atoms with Crippen LogP contribution in [0.3, 0.4) is 0 Å². The Balaban J connectivity index is 2.61. The molecule has 1 aromatic heterocycles. The first-order chi connectivity index (χ1) is 8.54. The molecule has 0 aliphatic rings. The number of aryl methyl sites for hydroxylation is 2. The van der Waals surface area contributed by atoms with Crippen molar-refractivity contribution in [3.05, 3.63) is 50.4 Å². The summed E-state index contributed by atoms with van der Waals surface area (Å²) in [5, 5.41) is 6.70. The van der Waals surface area contributed by atoms with Crippen LogP contribution < -0.4 is 10.9 Å². The largest absolute Gasteiger partial charge is 0.315 e. The molecule has 1 aromatic carbocycles. The van der Waals surface area contributed by atoms with Gasteiger partial charge in [0.25, 0.3) is 5.56 Å². The maximum atomic E-state index is 12.3. The van der Waals surface area contributed by atoms with E-state index >= 15 is 0 Å². The minimum atomic E-state index is -0.0350. The lowest BCUT2D eigenvalue weighted by atomic mass is 10.2. The summed E-state index contributed by atoms with van der Waals surface area (Å²) in [4.78, 5) is 12.3. The van der Waals surface area contributed by atoms with E-state index in [4.69, 9.17) is 11.6 Å². The molecule has 0 fully saturated rings. The third kappa shape index (κ3) is 2.21. The van der Waals surface area contributed by atoms with Crippen molar-refractivity contribution in [2.45, 2.75) is 20.4 Å². The Bertz CT molecular complexity index is 628. The number of aromatic amines is 1. The van der Waals surface area contributed by atoms with Gasteiger partial charge in [-0.05, 0) is 38.6 Å². The van der Waals surface area contributed by atoms with Gasteiger partial charge in [0.2, 0.25) is 0 Å². The normalized spacial score (nSPS) is 10.9.